The van der Waals surface area contributed by atoms with Gasteiger partial charge in [0, 0.05) is 12.2 Å². The highest BCUT2D eigenvalue weighted by atomic mass is 15.2. The van der Waals surface area contributed by atoms with Crippen molar-refractivity contribution in [2.75, 3.05) is 18.1 Å². The summed E-state index contributed by atoms with van der Waals surface area (Å²) >= 11 is 0. The number of anilines is 1. The summed E-state index contributed by atoms with van der Waals surface area (Å²) in [5.41, 5.74) is 1.27. The zero-order chi connectivity index (χ0) is 8.23. The maximum atomic E-state index is 3.18. The lowest BCUT2D eigenvalue weighted by atomic mass is 10.3. The zero-order valence-corrected chi connectivity index (χ0v) is 6.90. The predicted molar refractivity (Wildman–Crippen MR) is 50.9 cm³/mol. The fourth-order valence-corrected chi connectivity index (χ4v) is 1.33. The summed E-state index contributed by atoms with van der Waals surface area (Å²) in [4.78, 5) is 2.28. The number of nitrogens with zero attached hydrogens (tertiary/aromatic N) is 1. The van der Waals surface area contributed by atoms with Gasteiger partial charge in [0.25, 0.3) is 0 Å². The van der Waals surface area contributed by atoms with Gasteiger partial charge in [-0.15, -0.1) is 0 Å². The Hall–Kier alpha value is -1.44. The molecule has 62 valence electrons. The van der Waals surface area contributed by atoms with Crippen LogP contribution in [0.25, 0.3) is 0 Å². The third-order valence-electron chi connectivity index (χ3n) is 1.96. The first-order valence-electron chi connectivity index (χ1n) is 4.15. The Morgan fingerprint density at radius 2 is 2.00 bits per heavy atom. The predicted octanol–water partition coefficient (Wildman–Crippen LogP) is 1.57. The SMILES string of the molecule is C1=CNCN(c2ccccc2)C1. The van der Waals surface area contributed by atoms with Gasteiger partial charge in [-0.3, -0.25) is 0 Å². The molecule has 0 spiro atoms. The van der Waals surface area contributed by atoms with Crippen LogP contribution in [0, 0.1) is 0 Å². The van der Waals surface area contributed by atoms with E-state index >= 15 is 0 Å². The molecular formula is C10H12N2. The third kappa shape index (κ3) is 1.42. The van der Waals surface area contributed by atoms with Gasteiger partial charge in [0.15, 0.2) is 0 Å². The van der Waals surface area contributed by atoms with Crippen LogP contribution in [0.5, 0.6) is 0 Å². The molecule has 1 heterocycles. The molecule has 1 aromatic rings. The summed E-state index contributed by atoms with van der Waals surface area (Å²) in [5, 5.41) is 3.18. The van der Waals surface area contributed by atoms with Crippen molar-refractivity contribution < 1.29 is 0 Å². The highest BCUT2D eigenvalue weighted by Crippen LogP contribution is 2.12. The number of rotatable bonds is 1. The van der Waals surface area contributed by atoms with Gasteiger partial charge < -0.3 is 10.2 Å². The van der Waals surface area contributed by atoms with Crippen LogP contribution in [-0.4, -0.2) is 13.2 Å². The number of benzene rings is 1. The van der Waals surface area contributed by atoms with Crippen LogP contribution in [0.15, 0.2) is 42.6 Å². The number of para-hydroxylation sites is 1. The number of hydrogen-bond donors (Lipinski definition) is 1. The second-order valence-corrected chi connectivity index (χ2v) is 2.82. The van der Waals surface area contributed by atoms with Crippen LogP contribution in [0.3, 0.4) is 0 Å². The van der Waals surface area contributed by atoms with Crippen LogP contribution in [0.2, 0.25) is 0 Å². The average molecular weight is 160 g/mol. The second-order valence-electron chi connectivity index (χ2n) is 2.82. The van der Waals surface area contributed by atoms with Crippen molar-refractivity contribution in [3.8, 4) is 0 Å². The minimum Gasteiger partial charge on any atom is -0.374 e. The van der Waals surface area contributed by atoms with Gasteiger partial charge in [-0.05, 0) is 24.4 Å². The fourth-order valence-electron chi connectivity index (χ4n) is 1.33. The first kappa shape index (κ1) is 7.22. The van der Waals surface area contributed by atoms with E-state index in [4.69, 9.17) is 0 Å². The topological polar surface area (TPSA) is 15.3 Å². The van der Waals surface area contributed by atoms with E-state index in [0.717, 1.165) is 13.2 Å². The molecule has 0 aliphatic carbocycles. The lowest BCUT2D eigenvalue weighted by Gasteiger charge is -2.26. The molecular weight excluding hydrogens is 148 g/mol. The lowest BCUT2D eigenvalue weighted by Crippen LogP contribution is -2.35. The molecule has 0 saturated carbocycles. The summed E-state index contributed by atoms with van der Waals surface area (Å²) in [7, 11) is 0. The van der Waals surface area contributed by atoms with Crippen molar-refractivity contribution >= 4 is 5.69 Å². The van der Waals surface area contributed by atoms with Gasteiger partial charge in [-0.25, -0.2) is 0 Å². The Morgan fingerprint density at radius 1 is 1.17 bits per heavy atom. The molecule has 12 heavy (non-hydrogen) atoms. The van der Waals surface area contributed by atoms with Crippen molar-refractivity contribution in [1.29, 1.82) is 0 Å². The zero-order valence-electron chi connectivity index (χ0n) is 6.90. The molecule has 0 bridgehead atoms. The first-order chi connectivity index (χ1) is 5.97. The molecule has 0 amide bonds. The molecule has 1 aromatic carbocycles. The minimum absolute atomic E-state index is 0.903. The smallest absolute Gasteiger partial charge is 0.0874 e. The summed E-state index contributed by atoms with van der Waals surface area (Å²) in [6.45, 7) is 1.90. The van der Waals surface area contributed by atoms with E-state index in [2.05, 4.69) is 40.6 Å². The molecule has 2 rings (SSSR count). The highest BCUT2D eigenvalue weighted by molar-refractivity contribution is 5.46. The first-order valence-corrected chi connectivity index (χ1v) is 4.15. The monoisotopic (exact) mass is 160 g/mol. The Balaban J connectivity index is 2.15. The van der Waals surface area contributed by atoms with Gasteiger partial charge in [0.05, 0.1) is 6.67 Å². The molecule has 1 aliphatic heterocycles. The van der Waals surface area contributed by atoms with Crippen LogP contribution in [0.4, 0.5) is 5.69 Å². The number of nitrogens with one attached hydrogen (secondary N) is 1. The summed E-state index contributed by atoms with van der Waals surface area (Å²) in [6, 6.07) is 10.4. The van der Waals surface area contributed by atoms with Crippen molar-refractivity contribution in [3.63, 3.8) is 0 Å². The van der Waals surface area contributed by atoms with Crippen molar-refractivity contribution in [2.45, 2.75) is 0 Å². The van der Waals surface area contributed by atoms with Crippen LogP contribution in [-0.2, 0) is 0 Å². The summed E-state index contributed by atoms with van der Waals surface area (Å²) in [5.74, 6) is 0. The van der Waals surface area contributed by atoms with Crippen molar-refractivity contribution in [2.24, 2.45) is 0 Å². The maximum Gasteiger partial charge on any atom is 0.0874 e. The Kier molecular flexibility index (Phi) is 1.99. The van der Waals surface area contributed by atoms with E-state index in [1.54, 1.807) is 0 Å². The van der Waals surface area contributed by atoms with Gasteiger partial charge in [-0.2, -0.15) is 0 Å². The average Bonchev–Trinajstić information content (AvgIpc) is 2.21. The lowest BCUT2D eigenvalue weighted by molar-refractivity contribution is 0.749. The molecule has 2 heteroatoms. The van der Waals surface area contributed by atoms with E-state index in [0.29, 0.717) is 0 Å². The summed E-state index contributed by atoms with van der Waals surface area (Å²) in [6.07, 6.45) is 4.12. The van der Waals surface area contributed by atoms with Gasteiger partial charge in [-0.1, -0.05) is 18.2 Å². The van der Waals surface area contributed by atoms with Crippen molar-refractivity contribution in [3.05, 3.63) is 42.6 Å². The number of hydrogen-bond acceptors (Lipinski definition) is 2. The highest BCUT2D eigenvalue weighted by Gasteiger charge is 2.04. The molecule has 0 atom stereocenters. The molecule has 1 aliphatic rings. The normalized spacial score (nSPS) is 15.8. The van der Waals surface area contributed by atoms with Crippen LogP contribution < -0.4 is 10.2 Å². The van der Waals surface area contributed by atoms with E-state index in [9.17, 15) is 0 Å². The molecule has 0 radical (unpaired) electrons. The quantitative estimate of drug-likeness (QED) is 0.670. The van der Waals surface area contributed by atoms with Gasteiger partial charge in [0.1, 0.15) is 0 Å². The van der Waals surface area contributed by atoms with E-state index in [1.807, 2.05) is 12.3 Å². The van der Waals surface area contributed by atoms with Gasteiger partial charge in [0.2, 0.25) is 0 Å². The standard InChI is InChI=1S/C10H12N2/c1-2-5-10(6-3-1)12-8-4-7-11-9-12/h1-7,11H,8-9H2. The molecule has 0 unspecified atom stereocenters. The van der Waals surface area contributed by atoms with E-state index in [-0.39, 0.29) is 0 Å². The second kappa shape index (κ2) is 3.30. The summed E-state index contributed by atoms with van der Waals surface area (Å²) < 4.78 is 0. The van der Waals surface area contributed by atoms with Gasteiger partial charge >= 0.3 is 0 Å². The largest absolute Gasteiger partial charge is 0.374 e. The molecule has 0 saturated heterocycles. The van der Waals surface area contributed by atoms with Crippen LogP contribution >= 0.6 is 0 Å². The molecule has 0 fully saturated rings. The minimum atomic E-state index is 0.903. The molecule has 0 aromatic heterocycles. The third-order valence-corrected chi connectivity index (χ3v) is 1.96. The van der Waals surface area contributed by atoms with Crippen molar-refractivity contribution in [1.82, 2.24) is 5.32 Å². The Labute approximate surface area is 72.5 Å². The Bertz CT molecular complexity index is 266. The Morgan fingerprint density at radius 3 is 2.67 bits per heavy atom. The van der Waals surface area contributed by atoms with Crippen LogP contribution in [0.1, 0.15) is 0 Å². The fraction of sp³-hybridized carbons (Fsp3) is 0.200. The van der Waals surface area contributed by atoms with E-state index < -0.39 is 0 Å². The molecule has 1 N–H and O–H groups in total. The molecule has 2 nitrogen and oxygen atoms in total. The van der Waals surface area contributed by atoms with E-state index in [1.165, 1.54) is 5.69 Å². The maximum absolute atomic E-state index is 3.18.